The molecule has 2 unspecified atom stereocenters. The lowest BCUT2D eigenvalue weighted by atomic mass is 10.3. The fraction of sp³-hybridized carbons (Fsp3) is 0.750. The lowest BCUT2D eigenvalue weighted by Crippen LogP contribution is -2.57. The van der Waals surface area contributed by atoms with E-state index in [-0.39, 0.29) is 12.3 Å². The first-order valence-corrected chi connectivity index (χ1v) is 8.10. The Morgan fingerprint density at radius 1 is 1.63 bits per heavy atom. The zero-order chi connectivity index (χ0) is 14.8. The third-order valence-corrected chi connectivity index (χ3v) is 5.81. The molecule has 2 N–H and O–H groups in total. The minimum atomic E-state index is -3.93. The average Bonchev–Trinajstić information content (AvgIpc) is 2.31. The van der Waals surface area contributed by atoms with Gasteiger partial charge < -0.3 is 4.90 Å². The Morgan fingerprint density at radius 3 is 2.68 bits per heavy atom. The zero-order valence-electron chi connectivity index (χ0n) is 10.7. The van der Waals surface area contributed by atoms with Crippen molar-refractivity contribution in [2.75, 3.05) is 12.3 Å². The monoisotopic (exact) mass is 312 g/mol. The van der Waals surface area contributed by atoms with Crippen LogP contribution in [0.2, 0.25) is 0 Å². The third kappa shape index (κ3) is 3.49. The van der Waals surface area contributed by atoms with Crippen LogP contribution in [0.15, 0.2) is 5.10 Å². The highest BCUT2D eigenvalue weighted by molar-refractivity contribution is 7.99. The van der Waals surface area contributed by atoms with E-state index in [1.165, 1.54) is 13.8 Å². The average molecular weight is 312 g/mol. The van der Waals surface area contributed by atoms with Gasteiger partial charge >= 0.3 is 6.03 Å². The number of hydrogen-bond donors (Lipinski definition) is 2. The van der Waals surface area contributed by atoms with Gasteiger partial charge in [-0.15, -0.1) is 0 Å². The summed E-state index contributed by atoms with van der Waals surface area (Å²) in [6.45, 7) is 4.44. The van der Waals surface area contributed by atoms with Gasteiger partial charge in [-0.2, -0.15) is 5.10 Å². The fourth-order valence-electron chi connectivity index (χ4n) is 1.56. The summed E-state index contributed by atoms with van der Waals surface area (Å²) in [7, 11) is -3.93. The molecule has 0 saturated carbocycles. The van der Waals surface area contributed by atoms with Crippen molar-refractivity contribution in [1.29, 1.82) is 0 Å². The largest absolute Gasteiger partial charge is 0.339 e. The number of amides is 2. The minimum Gasteiger partial charge on any atom is -0.300 e. The second-order valence-electron chi connectivity index (χ2n) is 3.91. The van der Waals surface area contributed by atoms with Crippen LogP contribution in [0.3, 0.4) is 0 Å². The van der Waals surface area contributed by atoms with Gasteiger partial charge in [-0.05, 0) is 20.8 Å². The summed E-state index contributed by atoms with van der Waals surface area (Å²) in [5.41, 5.74) is 2.76. The van der Waals surface area contributed by atoms with Crippen molar-refractivity contribution in [3.8, 4) is 0 Å². The molecule has 110 valence electrons. The van der Waals surface area contributed by atoms with Gasteiger partial charge in [0.1, 0.15) is 6.17 Å². The van der Waals surface area contributed by atoms with Gasteiger partial charge in [-0.25, -0.2) is 22.8 Å². The highest BCUT2D eigenvalue weighted by Gasteiger charge is 2.37. The summed E-state index contributed by atoms with van der Waals surface area (Å²) in [4.78, 5) is 12.7. The van der Waals surface area contributed by atoms with Crippen LogP contribution in [0.25, 0.3) is 0 Å². The maximum Gasteiger partial charge on any atom is 0.339 e. The number of nitrogens with zero attached hydrogens (tertiary/aromatic N) is 3. The Hall–Kier alpha value is -1.04. The molecule has 9 nitrogen and oxygen atoms in total. The van der Waals surface area contributed by atoms with Crippen LogP contribution < -0.4 is 5.43 Å². The van der Waals surface area contributed by atoms with Crippen molar-refractivity contribution in [2.45, 2.75) is 26.9 Å². The Kier molecular flexibility index (Phi) is 5.01. The van der Waals surface area contributed by atoms with E-state index < -0.39 is 33.5 Å². The predicted octanol–water partition coefficient (Wildman–Crippen LogP) is -0.478. The molecule has 0 aromatic carbocycles. The van der Waals surface area contributed by atoms with Crippen molar-refractivity contribution >= 4 is 33.0 Å². The molecule has 2 atom stereocenters. The normalized spacial score (nSPS) is 19.9. The molecule has 1 aliphatic rings. The molecule has 1 aliphatic heterocycles. The van der Waals surface area contributed by atoms with Crippen molar-refractivity contribution in [2.24, 2.45) is 5.10 Å². The maximum atomic E-state index is 11.8. The number of hydrazone groups is 1. The number of urea groups is 1. The van der Waals surface area contributed by atoms with Crippen LogP contribution in [-0.2, 0) is 21.3 Å². The molecule has 0 bridgehead atoms. The van der Waals surface area contributed by atoms with Gasteiger partial charge in [0.05, 0.1) is 18.0 Å². The van der Waals surface area contributed by atoms with E-state index in [1.54, 1.807) is 6.92 Å². The highest BCUT2D eigenvalue weighted by atomic mass is 32.3. The number of sulfonamides is 1. The van der Waals surface area contributed by atoms with Gasteiger partial charge in [0.15, 0.2) is 0 Å². The Labute approximate surface area is 114 Å². The van der Waals surface area contributed by atoms with E-state index >= 15 is 0 Å². The van der Waals surface area contributed by atoms with Crippen LogP contribution in [-0.4, -0.2) is 56.0 Å². The van der Waals surface area contributed by atoms with E-state index in [0.29, 0.717) is 9.42 Å². The van der Waals surface area contributed by atoms with Gasteiger partial charge in [0, 0.05) is 0 Å². The Bertz CT molecular complexity index is 517. The first-order valence-electron chi connectivity index (χ1n) is 5.43. The molecular weight excluding hydrogens is 296 g/mol. The molecule has 0 fully saturated rings. The van der Waals surface area contributed by atoms with Crippen molar-refractivity contribution in [3.63, 3.8) is 0 Å². The van der Waals surface area contributed by atoms with E-state index in [9.17, 15) is 17.4 Å². The lowest BCUT2D eigenvalue weighted by Gasteiger charge is -2.35. The highest BCUT2D eigenvalue weighted by Crippen LogP contribution is 2.15. The van der Waals surface area contributed by atoms with E-state index in [2.05, 4.69) is 10.5 Å². The molecule has 11 heteroatoms. The summed E-state index contributed by atoms with van der Waals surface area (Å²) in [5, 5.41) is 3.70. The van der Waals surface area contributed by atoms with E-state index in [0.717, 1.165) is 4.90 Å². The van der Waals surface area contributed by atoms with Gasteiger partial charge in [-0.1, -0.05) is 3.71 Å². The van der Waals surface area contributed by atoms with Crippen molar-refractivity contribution in [1.82, 2.24) is 14.0 Å². The molecule has 0 radical (unpaired) electrons. The van der Waals surface area contributed by atoms with Crippen LogP contribution in [0.4, 0.5) is 4.79 Å². The summed E-state index contributed by atoms with van der Waals surface area (Å²) in [6, 6.07) is -0.625. The number of rotatable bonds is 5. The quantitative estimate of drug-likeness (QED) is 0.665. The standard InChI is InChI=1S/C8H16N4O5S2/c1-4-19(16,17)12(18(14)15)7(3)11-5-6(2)9-10-8(11)13/h7H,4-5H2,1-3H3,(H,10,13)(H,14,15). The van der Waals surface area contributed by atoms with Crippen LogP contribution >= 0.6 is 0 Å². The van der Waals surface area contributed by atoms with Gasteiger partial charge in [-0.3, -0.25) is 4.55 Å². The number of carbonyl (C=O) groups is 1. The topological polar surface area (TPSA) is 119 Å². The second-order valence-corrected chi connectivity index (χ2v) is 7.13. The van der Waals surface area contributed by atoms with Crippen LogP contribution in [0.1, 0.15) is 20.8 Å². The molecule has 0 spiro atoms. The minimum absolute atomic E-state index is 0.0833. The van der Waals surface area contributed by atoms with Crippen LogP contribution in [0, 0.1) is 0 Å². The predicted molar refractivity (Wildman–Crippen MR) is 69.9 cm³/mol. The fourth-order valence-corrected chi connectivity index (χ4v) is 3.87. The maximum absolute atomic E-state index is 11.8. The number of hydrogen-bond acceptors (Lipinski definition) is 5. The molecule has 1 rings (SSSR count). The third-order valence-electron chi connectivity index (χ3n) is 2.55. The van der Waals surface area contributed by atoms with Gasteiger partial charge in [0.2, 0.25) is 10.0 Å². The second kappa shape index (κ2) is 5.94. The zero-order valence-corrected chi connectivity index (χ0v) is 12.4. The molecule has 0 aromatic heterocycles. The van der Waals surface area contributed by atoms with E-state index in [1.807, 2.05) is 0 Å². The lowest BCUT2D eigenvalue weighted by molar-refractivity contribution is 0.162. The molecule has 19 heavy (non-hydrogen) atoms. The molecule has 0 aromatic rings. The summed E-state index contributed by atoms with van der Waals surface area (Å²) in [6.07, 6.45) is -1.10. The van der Waals surface area contributed by atoms with Gasteiger partial charge in [0.25, 0.3) is 11.3 Å². The summed E-state index contributed by atoms with van der Waals surface area (Å²) >= 11 is -2.75. The Balaban J connectivity index is 3.08. The van der Waals surface area contributed by atoms with Crippen molar-refractivity contribution in [3.05, 3.63) is 0 Å². The van der Waals surface area contributed by atoms with Crippen molar-refractivity contribution < 1.29 is 22.0 Å². The number of carbonyl (C=O) groups excluding carboxylic acids is 1. The molecular formula is C8H16N4O5S2. The summed E-state index contributed by atoms with van der Waals surface area (Å²) in [5.74, 6) is -0.341. The SMILES string of the molecule is CCS(=O)(=O)N(C(C)N1CC(C)=NNC1=O)S(=O)O. The summed E-state index contributed by atoms with van der Waals surface area (Å²) < 4.78 is 44.4. The van der Waals surface area contributed by atoms with Crippen LogP contribution in [0.5, 0.6) is 0 Å². The first-order chi connectivity index (χ1) is 8.70. The first kappa shape index (κ1) is 16.0. The van der Waals surface area contributed by atoms with E-state index in [4.69, 9.17) is 4.55 Å². The molecule has 0 saturated heterocycles. The molecule has 0 aliphatic carbocycles. The number of nitrogens with one attached hydrogen (secondary N) is 1. The molecule has 2 amide bonds. The molecule has 1 heterocycles. The Morgan fingerprint density at radius 2 is 2.21 bits per heavy atom. The smallest absolute Gasteiger partial charge is 0.300 e.